The number of benzene rings is 1. The summed E-state index contributed by atoms with van der Waals surface area (Å²) in [6, 6.07) is 12.8. The molecule has 2 bridgehead atoms. The number of aromatic nitrogens is 1. The average Bonchev–Trinajstić information content (AvgIpc) is 3.02. The minimum atomic E-state index is 0.636. The van der Waals surface area contributed by atoms with Gasteiger partial charge in [0.1, 0.15) is 0 Å². The van der Waals surface area contributed by atoms with Gasteiger partial charge < -0.3 is 9.84 Å². The van der Waals surface area contributed by atoms with Crippen LogP contribution in [0.2, 0.25) is 0 Å². The van der Waals surface area contributed by atoms with E-state index in [9.17, 15) is 0 Å². The van der Waals surface area contributed by atoms with Crippen LogP contribution in [0, 0.1) is 23.7 Å². The molecule has 3 saturated carbocycles. The highest BCUT2D eigenvalue weighted by Gasteiger charge is 2.48. The molecule has 3 fully saturated rings. The molecule has 2 unspecified atom stereocenters. The summed E-state index contributed by atoms with van der Waals surface area (Å²) in [6.07, 6.45) is 2.77. The molecule has 3 aliphatic carbocycles. The standard InChI is InChI=1S/C19H24N2O/c1-12-15-8-17(12)13(2)18(9-15)20-11-16-10-19(22-21-16)14-6-4-3-5-7-14/h3-7,10,12-13,15,17-18,20H,8-9,11H2,1-2H3/t12?,13-,15+,17+,18?/m1/s1. The molecule has 1 aromatic heterocycles. The molecule has 3 nitrogen and oxygen atoms in total. The molecule has 1 aromatic carbocycles. The van der Waals surface area contributed by atoms with Gasteiger partial charge in [-0.25, -0.2) is 0 Å². The van der Waals surface area contributed by atoms with E-state index in [0.29, 0.717) is 6.04 Å². The van der Waals surface area contributed by atoms with Crippen molar-refractivity contribution in [2.45, 2.75) is 39.3 Å². The van der Waals surface area contributed by atoms with E-state index in [-0.39, 0.29) is 0 Å². The first-order valence-electron chi connectivity index (χ1n) is 8.47. The van der Waals surface area contributed by atoms with E-state index in [0.717, 1.165) is 47.2 Å². The normalized spacial score (nSPS) is 33.5. The van der Waals surface area contributed by atoms with Gasteiger partial charge in [0.25, 0.3) is 0 Å². The van der Waals surface area contributed by atoms with Gasteiger partial charge in [-0.15, -0.1) is 0 Å². The number of nitrogens with one attached hydrogen (secondary N) is 1. The highest BCUT2D eigenvalue weighted by Crippen LogP contribution is 2.53. The molecule has 0 radical (unpaired) electrons. The lowest BCUT2D eigenvalue weighted by molar-refractivity contribution is -0.0394. The Morgan fingerprint density at radius 3 is 2.68 bits per heavy atom. The smallest absolute Gasteiger partial charge is 0.167 e. The fraction of sp³-hybridized carbons (Fsp3) is 0.526. The van der Waals surface area contributed by atoms with Crippen LogP contribution < -0.4 is 5.32 Å². The Kier molecular flexibility index (Phi) is 3.53. The quantitative estimate of drug-likeness (QED) is 0.922. The van der Waals surface area contributed by atoms with E-state index in [2.05, 4.69) is 42.5 Å². The summed E-state index contributed by atoms with van der Waals surface area (Å²) in [6.45, 7) is 5.64. The summed E-state index contributed by atoms with van der Waals surface area (Å²) in [5, 5.41) is 7.92. The van der Waals surface area contributed by atoms with Crippen LogP contribution >= 0.6 is 0 Å². The van der Waals surface area contributed by atoms with Crippen molar-refractivity contribution in [2.75, 3.05) is 0 Å². The molecule has 0 amide bonds. The van der Waals surface area contributed by atoms with Gasteiger partial charge in [0.05, 0.1) is 5.69 Å². The molecule has 1 heterocycles. The summed E-state index contributed by atoms with van der Waals surface area (Å²) in [4.78, 5) is 0. The summed E-state index contributed by atoms with van der Waals surface area (Å²) < 4.78 is 5.47. The minimum Gasteiger partial charge on any atom is -0.356 e. The number of hydrogen-bond donors (Lipinski definition) is 1. The maximum absolute atomic E-state index is 5.47. The Bertz CT molecular complexity index is 636. The Balaban J connectivity index is 1.38. The lowest BCUT2D eigenvalue weighted by Gasteiger charge is -2.55. The van der Waals surface area contributed by atoms with Crippen LogP contribution in [0.15, 0.2) is 40.9 Å². The molecule has 1 N–H and O–H groups in total. The highest BCUT2D eigenvalue weighted by molar-refractivity contribution is 5.56. The third kappa shape index (κ3) is 2.38. The second-order valence-electron chi connectivity index (χ2n) is 7.15. The van der Waals surface area contributed by atoms with Gasteiger partial charge in [-0.2, -0.15) is 0 Å². The SMILES string of the molecule is CC1[C@@H]2CC(NCc3cc(-c4ccccc4)on3)[C@H](C)[C@H]1C2. The van der Waals surface area contributed by atoms with Crippen LogP contribution in [0.1, 0.15) is 32.4 Å². The van der Waals surface area contributed by atoms with Crippen molar-refractivity contribution in [2.24, 2.45) is 23.7 Å². The zero-order chi connectivity index (χ0) is 15.1. The van der Waals surface area contributed by atoms with Gasteiger partial charge in [0.2, 0.25) is 0 Å². The van der Waals surface area contributed by atoms with Gasteiger partial charge in [-0.05, 0) is 36.5 Å². The van der Waals surface area contributed by atoms with Crippen LogP contribution in [-0.2, 0) is 6.54 Å². The monoisotopic (exact) mass is 296 g/mol. The van der Waals surface area contributed by atoms with E-state index >= 15 is 0 Å². The van der Waals surface area contributed by atoms with Crippen LogP contribution in [0.5, 0.6) is 0 Å². The Morgan fingerprint density at radius 1 is 1.14 bits per heavy atom. The largest absolute Gasteiger partial charge is 0.356 e. The second kappa shape index (κ2) is 5.54. The molecular formula is C19H24N2O. The van der Waals surface area contributed by atoms with Gasteiger partial charge in [-0.3, -0.25) is 0 Å². The van der Waals surface area contributed by atoms with Crippen molar-refractivity contribution in [3.05, 3.63) is 42.1 Å². The summed E-state index contributed by atoms with van der Waals surface area (Å²) in [5.41, 5.74) is 2.08. The summed E-state index contributed by atoms with van der Waals surface area (Å²) >= 11 is 0. The maximum Gasteiger partial charge on any atom is 0.167 e. The van der Waals surface area contributed by atoms with Crippen molar-refractivity contribution < 1.29 is 4.52 Å². The third-order valence-corrected chi connectivity index (χ3v) is 6.02. The molecule has 3 aliphatic rings. The fourth-order valence-electron chi connectivity index (χ4n) is 4.41. The third-order valence-electron chi connectivity index (χ3n) is 6.02. The van der Waals surface area contributed by atoms with Crippen LogP contribution in [-0.4, -0.2) is 11.2 Å². The predicted octanol–water partition coefficient (Wildman–Crippen LogP) is 4.11. The first-order valence-corrected chi connectivity index (χ1v) is 8.47. The maximum atomic E-state index is 5.47. The predicted molar refractivity (Wildman–Crippen MR) is 87.1 cm³/mol. The van der Waals surface area contributed by atoms with Crippen LogP contribution in [0.3, 0.4) is 0 Å². The van der Waals surface area contributed by atoms with Gasteiger partial charge in [0.15, 0.2) is 5.76 Å². The molecule has 2 aromatic rings. The molecule has 22 heavy (non-hydrogen) atoms. The van der Waals surface area contributed by atoms with Crippen LogP contribution in [0.4, 0.5) is 0 Å². The highest BCUT2D eigenvalue weighted by atomic mass is 16.5. The first-order chi connectivity index (χ1) is 10.7. The molecule has 0 saturated heterocycles. The Hall–Kier alpha value is -1.61. The lowest BCUT2D eigenvalue weighted by Crippen LogP contribution is -2.54. The van der Waals surface area contributed by atoms with Gasteiger partial charge in [-0.1, -0.05) is 49.3 Å². The van der Waals surface area contributed by atoms with E-state index in [1.807, 2.05) is 18.2 Å². The lowest BCUT2D eigenvalue weighted by atomic mass is 9.52. The number of nitrogens with zero attached hydrogens (tertiary/aromatic N) is 1. The van der Waals surface area contributed by atoms with Gasteiger partial charge in [0, 0.05) is 24.2 Å². The molecule has 0 spiro atoms. The van der Waals surface area contributed by atoms with Crippen molar-refractivity contribution >= 4 is 0 Å². The van der Waals surface area contributed by atoms with Gasteiger partial charge >= 0.3 is 0 Å². The fourth-order valence-corrected chi connectivity index (χ4v) is 4.41. The zero-order valence-corrected chi connectivity index (χ0v) is 13.3. The summed E-state index contributed by atoms with van der Waals surface area (Å²) in [7, 11) is 0. The first kappa shape index (κ1) is 14.0. The second-order valence-corrected chi connectivity index (χ2v) is 7.15. The molecule has 5 atom stereocenters. The molecule has 0 aliphatic heterocycles. The Morgan fingerprint density at radius 2 is 1.95 bits per heavy atom. The van der Waals surface area contributed by atoms with Crippen LogP contribution in [0.25, 0.3) is 11.3 Å². The zero-order valence-electron chi connectivity index (χ0n) is 13.3. The van der Waals surface area contributed by atoms with E-state index in [1.165, 1.54) is 12.8 Å². The van der Waals surface area contributed by atoms with Crippen molar-refractivity contribution in [3.8, 4) is 11.3 Å². The number of fused-ring (bicyclic) bond motifs is 2. The molecular weight excluding hydrogens is 272 g/mol. The van der Waals surface area contributed by atoms with E-state index in [4.69, 9.17) is 4.52 Å². The van der Waals surface area contributed by atoms with E-state index < -0.39 is 0 Å². The average molecular weight is 296 g/mol. The van der Waals surface area contributed by atoms with Crippen molar-refractivity contribution in [1.82, 2.24) is 10.5 Å². The molecule has 116 valence electrons. The topological polar surface area (TPSA) is 38.1 Å². The molecule has 3 heteroatoms. The van der Waals surface area contributed by atoms with Crippen molar-refractivity contribution in [3.63, 3.8) is 0 Å². The van der Waals surface area contributed by atoms with Crippen molar-refractivity contribution in [1.29, 1.82) is 0 Å². The number of rotatable bonds is 4. The minimum absolute atomic E-state index is 0.636. The Labute approximate surface area is 132 Å². The summed E-state index contributed by atoms with van der Waals surface area (Å²) in [5.74, 6) is 4.43. The number of hydrogen-bond acceptors (Lipinski definition) is 3. The molecule has 5 rings (SSSR count). The van der Waals surface area contributed by atoms with E-state index in [1.54, 1.807) is 0 Å².